The highest BCUT2D eigenvalue weighted by molar-refractivity contribution is 6.05. The summed E-state index contributed by atoms with van der Waals surface area (Å²) < 4.78 is 5.07. The fourth-order valence-corrected chi connectivity index (χ4v) is 1.30. The molecule has 13 heavy (non-hydrogen) atoms. The van der Waals surface area contributed by atoms with Gasteiger partial charge in [-0.1, -0.05) is 11.2 Å². The van der Waals surface area contributed by atoms with Crippen LogP contribution in [0.2, 0.25) is 0 Å². The van der Waals surface area contributed by atoms with Crippen molar-refractivity contribution in [3.63, 3.8) is 0 Å². The average Bonchev–Trinajstić information content (AvgIpc) is 2.48. The van der Waals surface area contributed by atoms with E-state index in [1.54, 1.807) is 6.07 Å². The van der Waals surface area contributed by atoms with Gasteiger partial charge in [-0.3, -0.25) is 5.41 Å². The molecule has 0 aliphatic heterocycles. The van der Waals surface area contributed by atoms with E-state index in [2.05, 4.69) is 5.16 Å². The second kappa shape index (κ2) is 2.58. The molecule has 1 aromatic carbocycles. The van der Waals surface area contributed by atoms with Crippen LogP contribution in [0.15, 0.2) is 22.7 Å². The molecule has 0 fully saturated rings. The van der Waals surface area contributed by atoms with Crippen LogP contribution < -0.4 is 5.73 Å². The Kier molecular flexibility index (Phi) is 1.55. The summed E-state index contributed by atoms with van der Waals surface area (Å²) in [6.45, 7) is 1.86. The van der Waals surface area contributed by atoms with Gasteiger partial charge in [-0.05, 0) is 19.1 Å². The standard InChI is InChI=1S/C9H9N3O/c1-5-6-3-2-4-7(9(10)11)8(6)13-12-5/h2-4H,1H3,(H3,10,11). The summed E-state index contributed by atoms with van der Waals surface area (Å²) in [6.07, 6.45) is 0. The molecule has 0 aliphatic carbocycles. The number of amidine groups is 1. The summed E-state index contributed by atoms with van der Waals surface area (Å²) in [7, 11) is 0. The van der Waals surface area contributed by atoms with Gasteiger partial charge in [-0.15, -0.1) is 0 Å². The highest BCUT2D eigenvalue weighted by Crippen LogP contribution is 2.20. The van der Waals surface area contributed by atoms with Crippen LogP contribution in [0.4, 0.5) is 0 Å². The van der Waals surface area contributed by atoms with E-state index in [1.807, 2.05) is 19.1 Å². The number of hydrogen-bond acceptors (Lipinski definition) is 3. The summed E-state index contributed by atoms with van der Waals surface area (Å²) in [5, 5.41) is 12.0. The summed E-state index contributed by atoms with van der Waals surface area (Å²) in [4.78, 5) is 0. The first kappa shape index (κ1) is 7.79. The van der Waals surface area contributed by atoms with Crippen molar-refractivity contribution in [1.82, 2.24) is 5.16 Å². The van der Waals surface area contributed by atoms with E-state index in [-0.39, 0.29) is 5.84 Å². The van der Waals surface area contributed by atoms with Gasteiger partial charge in [0.05, 0.1) is 11.3 Å². The van der Waals surface area contributed by atoms with E-state index in [0.29, 0.717) is 11.1 Å². The molecule has 0 saturated heterocycles. The summed E-state index contributed by atoms with van der Waals surface area (Å²) in [5.74, 6) is 0.00162. The van der Waals surface area contributed by atoms with Crippen molar-refractivity contribution in [3.05, 3.63) is 29.5 Å². The molecule has 66 valence electrons. The second-order valence-electron chi connectivity index (χ2n) is 2.86. The van der Waals surface area contributed by atoms with Crippen LogP contribution in [0.25, 0.3) is 11.0 Å². The molecule has 0 aliphatic rings. The first-order valence-corrected chi connectivity index (χ1v) is 3.89. The van der Waals surface area contributed by atoms with E-state index in [4.69, 9.17) is 15.7 Å². The highest BCUT2D eigenvalue weighted by Gasteiger charge is 2.09. The SMILES string of the molecule is Cc1noc2c(C(=N)N)cccc12. The van der Waals surface area contributed by atoms with Crippen LogP contribution in [-0.2, 0) is 0 Å². The Labute approximate surface area is 74.8 Å². The fourth-order valence-electron chi connectivity index (χ4n) is 1.30. The van der Waals surface area contributed by atoms with Crippen molar-refractivity contribution in [2.45, 2.75) is 6.92 Å². The van der Waals surface area contributed by atoms with Crippen molar-refractivity contribution in [2.75, 3.05) is 0 Å². The summed E-state index contributed by atoms with van der Waals surface area (Å²) in [5.41, 5.74) is 7.39. The van der Waals surface area contributed by atoms with Crippen LogP contribution in [0.1, 0.15) is 11.3 Å². The smallest absolute Gasteiger partial charge is 0.178 e. The third kappa shape index (κ3) is 1.07. The van der Waals surface area contributed by atoms with Gasteiger partial charge in [0.2, 0.25) is 0 Å². The first-order valence-electron chi connectivity index (χ1n) is 3.89. The molecule has 2 rings (SSSR count). The Balaban J connectivity index is 2.84. The van der Waals surface area contributed by atoms with Gasteiger partial charge in [0, 0.05) is 5.39 Å². The fraction of sp³-hybridized carbons (Fsp3) is 0.111. The van der Waals surface area contributed by atoms with Crippen LogP contribution in [0, 0.1) is 12.3 Å². The Hall–Kier alpha value is -1.84. The van der Waals surface area contributed by atoms with Gasteiger partial charge >= 0.3 is 0 Å². The quantitative estimate of drug-likeness (QED) is 0.508. The summed E-state index contributed by atoms with van der Waals surface area (Å²) >= 11 is 0. The van der Waals surface area contributed by atoms with Gasteiger partial charge in [0.15, 0.2) is 5.58 Å². The number of aromatic nitrogens is 1. The lowest BCUT2D eigenvalue weighted by molar-refractivity contribution is 0.450. The molecule has 4 nitrogen and oxygen atoms in total. The minimum atomic E-state index is 0.00162. The van der Waals surface area contributed by atoms with E-state index in [1.165, 1.54) is 0 Å². The van der Waals surface area contributed by atoms with Crippen molar-refractivity contribution < 1.29 is 4.52 Å². The van der Waals surface area contributed by atoms with Crippen molar-refractivity contribution >= 4 is 16.8 Å². The Morgan fingerprint density at radius 2 is 2.31 bits per heavy atom. The number of aryl methyl sites for hydroxylation is 1. The molecule has 0 bridgehead atoms. The van der Waals surface area contributed by atoms with E-state index < -0.39 is 0 Å². The molecule has 4 heteroatoms. The van der Waals surface area contributed by atoms with E-state index in [9.17, 15) is 0 Å². The normalized spacial score (nSPS) is 10.5. The number of benzene rings is 1. The van der Waals surface area contributed by atoms with Crippen molar-refractivity contribution in [2.24, 2.45) is 5.73 Å². The topological polar surface area (TPSA) is 75.9 Å². The summed E-state index contributed by atoms with van der Waals surface area (Å²) in [6, 6.07) is 5.48. The number of hydrogen-bond donors (Lipinski definition) is 2. The Morgan fingerprint density at radius 1 is 1.54 bits per heavy atom. The third-order valence-electron chi connectivity index (χ3n) is 1.97. The minimum absolute atomic E-state index is 0.00162. The molecule has 3 N–H and O–H groups in total. The maximum atomic E-state index is 7.32. The maximum absolute atomic E-state index is 7.32. The van der Waals surface area contributed by atoms with Crippen molar-refractivity contribution in [3.8, 4) is 0 Å². The van der Waals surface area contributed by atoms with Gasteiger partial charge < -0.3 is 10.3 Å². The monoisotopic (exact) mass is 175 g/mol. The highest BCUT2D eigenvalue weighted by atomic mass is 16.5. The molecular weight excluding hydrogens is 166 g/mol. The molecule has 0 atom stereocenters. The molecule has 0 amide bonds. The third-order valence-corrected chi connectivity index (χ3v) is 1.97. The number of rotatable bonds is 1. The predicted octanol–water partition coefficient (Wildman–Crippen LogP) is 1.42. The second-order valence-corrected chi connectivity index (χ2v) is 2.86. The number of nitrogens with two attached hydrogens (primary N) is 1. The lowest BCUT2D eigenvalue weighted by Crippen LogP contribution is -2.10. The molecule has 2 aromatic rings. The van der Waals surface area contributed by atoms with Crippen LogP contribution in [0.3, 0.4) is 0 Å². The number of para-hydroxylation sites is 1. The number of nitrogens with one attached hydrogen (secondary N) is 1. The lowest BCUT2D eigenvalue weighted by Gasteiger charge is -1.96. The molecule has 0 unspecified atom stereocenters. The van der Waals surface area contributed by atoms with Crippen molar-refractivity contribution in [1.29, 1.82) is 5.41 Å². The number of nitrogens with zero attached hydrogens (tertiary/aromatic N) is 1. The lowest BCUT2D eigenvalue weighted by atomic mass is 10.1. The molecule has 0 radical (unpaired) electrons. The van der Waals surface area contributed by atoms with Gasteiger partial charge in [-0.2, -0.15) is 0 Å². The van der Waals surface area contributed by atoms with Gasteiger partial charge in [0.1, 0.15) is 5.84 Å². The molecular formula is C9H9N3O. The predicted molar refractivity (Wildman–Crippen MR) is 49.8 cm³/mol. The van der Waals surface area contributed by atoms with Gasteiger partial charge in [-0.25, -0.2) is 0 Å². The molecule has 1 heterocycles. The molecule has 0 saturated carbocycles. The average molecular weight is 175 g/mol. The zero-order valence-corrected chi connectivity index (χ0v) is 7.16. The minimum Gasteiger partial charge on any atom is -0.384 e. The zero-order chi connectivity index (χ0) is 9.42. The van der Waals surface area contributed by atoms with Crippen LogP contribution in [-0.4, -0.2) is 11.0 Å². The molecule has 1 aromatic heterocycles. The Morgan fingerprint density at radius 3 is 3.00 bits per heavy atom. The van der Waals surface area contributed by atoms with E-state index >= 15 is 0 Å². The Bertz CT molecular complexity index is 473. The van der Waals surface area contributed by atoms with Crippen LogP contribution in [0.5, 0.6) is 0 Å². The van der Waals surface area contributed by atoms with E-state index in [0.717, 1.165) is 11.1 Å². The largest absolute Gasteiger partial charge is 0.384 e. The number of nitrogen functional groups attached to an aromatic ring is 1. The first-order chi connectivity index (χ1) is 6.20. The van der Waals surface area contributed by atoms with Crippen LogP contribution >= 0.6 is 0 Å². The molecule has 0 spiro atoms. The number of fused-ring (bicyclic) bond motifs is 1. The van der Waals surface area contributed by atoms with Gasteiger partial charge in [0.25, 0.3) is 0 Å². The zero-order valence-electron chi connectivity index (χ0n) is 7.16. The maximum Gasteiger partial charge on any atom is 0.178 e.